The highest BCUT2D eigenvalue weighted by Gasteiger charge is 2.23. The first-order chi connectivity index (χ1) is 8.15. The minimum atomic E-state index is 0.320. The molecule has 2 unspecified atom stereocenters. The molecule has 0 bridgehead atoms. The van der Waals surface area contributed by atoms with Crippen molar-refractivity contribution in [2.24, 2.45) is 5.92 Å². The monoisotopic (exact) mass is 253 g/mol. The van der Waals surface area contributed by atoms with Crippen LogP contribution >= 0.6 is 11.6 Å². The van der Waals surface area contributed by atoms with Crippen molar-refractivity contribution >= 4 is 11.6 Å². The Morgan fingerprint density at radius 3 is 2.71 bits per heavy atom. The quantitative estimate of drug-likeness (QED) is 0.801. The summed E-state index contributed by atoms with van der Waals surface area (Å²) in [6, 6.07) is 7.65. The zero-order valence-electron chi connectivity index (χ0n) is 10.5. The van der Waals surface area contributed by atoms with Gasteiger partial charge < -0.3 is 9.64 Å². The smallest absolute Gasteiger partial charge is 0.119 e. The van der Waals surface area contributed by atoms with Crippen LogP contribution in [-0.2, 0) is 0 Å². The predicted octanol–water partition coefficient (Wildman–Crippen LogP) is 3.45. The van der Waals surface area contributed by atoms with E-state index in [9.17, 15) is 0 Å². The van der Waals surface area contributed by atoms with E-state index >= 15 is 0 Å². The van der Waals surface area contributed by atoms with Crippen molar-refractivity contribution in [2.75, 3.05) is 20.1 Å². The van der Waals surface area contributed by atoms with Gasteiger partial charge >= 0.3 is 0 Å². The molecular formula is C14H20ClNO. The van der Waals surface area contributed by atoms with Gasteiger partial charge in [-0.25, -0.2) is 0 Å². The Morgan fingerprint density at radius 2 is 2.00 bits per heavy atom. The van der Waals surface area contributed by atoms with Crippen LogP contribution < -0.4 is 4.74 Å². The highest BCUT2D eigenvalue weighted by Crippen LogP contribution is 2.23. The van der Waals surface area contributed by atoms with Gasteiger partial charge in [-0.2, -0.15) is 0 Å². The van der Waals surface area contributed by atoms with Gasteiger partial charge in [0.05, 0.1) is 0 Å². The second kappa shape index (κ2) is 5.74. The van der Waals surface area contributed by atoms with Crippen molar-refractivity contribution in [3.05, 3.63) is 29.3 Å². The summed E-state index contributed by atoms with van der Waals surface area (Å²) >= 11 is 5.87. The average molecular weight is 254 g/mol. The maximum atomic E-state index is 6.07. The van der Waals surface area contributed by atoms with Crippen molar-refractivity contribution in [1.29, 1.82) is 0 Å². The first-order valence-corrected chi connectivity index (χ1v) is 6.63. The highest BCUT2D eigenvalue weighted by atomic mass is 35.5. The number of rotatable bonds is 2. The Balaban J connectivity index is 1.99. The molecule has 1 aliphatic heterocycles. The van der Waals surface area contributed by atoms with Crippen molar-refractivity contribution in [1.82, 2.24) is 4.90 Å². The van der Waals surface area contributed by atoms with Crippen LogP contribution in [0, 0.1) is 5.92 Å². The van der Waals surface area contributed by atoms with Crippen LogP contribution in [0.4, 0.5) is 0 Å². The second-order valence-electron chi connectivity index (χ2n) is 4.99. The molecule has 1 saturated heterocycles. The van der Waals surface area contributed by atoms with Crippen LogP contribution in [0.1, 0.15) is 19.8 Å². The lowest BCUT2D eigenvalue weighted by Gasteiger charge is -2.24. The third-order valence-corrected chi connectivity index (χ3v) is 3.62. The largest absolute Gasteiger partial charge is 0.490 e. The van der Waals surface area contributed by atoms with E-state index in [2.05, 4.69) is 18.9 Å². The van der Waals surface area contributed by atoms with E-state index in [1.54, 1.807) is 0 Å². The molecule has 0 N–H and O–H groups in total. The third kappa shape index (κ3) is 3.62. The molecule has 0 aliphatic carbocycles. The minimum Gasteiger partial charge on any atom is -0.490 e. The number of likely N-dealkylation sites (tertiary alicyclic amines) is 1. The standard InChI is InChI=1S/C14H20ClNO/c1-11-10-16(2)9-3-4-14(11)17-13-7-5-12(15)6-8-13/h5-8,11,14H,3-4,9-10H2,1-2H3. The first kappa shape index (κ1) is 12.7. The predicted molar refractivity (Wildman–Crippen MR) is 71.8 cm³/mol. The third-order valence-electron chi connectivity index (χ3n) is 3.36. The Hall–Kier alpha value is -0.730. The topological polar surface area (TPSA) is 12.5 Å². The van der Waals surface area contributed by atoms with Gasteiger partial charge in [-0.15, -0.1) is 0 Å². The molecule has 0 aromatic heterocycles. The van der Waals surface area contributed by atoms with E-state index in [0.717, 1.165) is 23.7 Å². The number of halogens is 1. The fourth-order valence-electron chi connectivity index (χ4n) is 2.41. The average Bonchev–Trinajstić information content (AvgIpc) is 2.44. The molecule has 1 heterocycles. The number of hydrogen-bond acceptors (Lipinski definition) is 2. The molecule has 0 saturated carbocycles. The fraction of sp³-hybridized carbons (Fsp3) is 0.571. The molecule has 1 fully saturated rings. The second-order valence-corrected chi connectivity index (χ2v) is 5.43. The zero-order chi connectivity index (χ0) is 12.3. The van der Waals surface area contributed by atoms with E-state index in [-0.39, 0.29) is 0 Å². The normalized spacial score (nSPS) is 26.5. The van der Waals surface area contributed by atoms with Crippen molar-refractivity contribution in [2.45, 2.75) is 25.9 Å². The molecule has 2 rings (SSSR count). The lowest BCUT2D eigenvalue weighted by molar-refractivity contribution is 0.131. The van der Waals surface area contributed by atoms with E-state index < -0.39 is 0 Å². The molecule has 1 aromatic rings. The van der Waals surface area contributed by atoms with Crippen molar-refractivity contribution in [3.8, 4) is 5.75 Å². The molecule has 2 nitrogen and oxygen atoms in total. The summed E-state index contributed by atoms with van der Waals surface area (Å²) < 4.78 is 6.07. The molecule has 94 valence electrons. The van der Waals surface area contributed by atoms with Gasteiger partial charge in [0.15, 0.2) is 0 Å². The highest BCUT2D eigenvalue weighted by molar-refractivity contribution is 6.30. The Kier molecular flexibility index (Phi) is 4.30. The summed E-state index contributed by atoms with van der Waals surface area (Å²) in [5.41, 5.74) is 0. The summed E-state index contributed by atoms with van der Waals surface area (Å²) in [7, 11) is 2.18. The zero-order valence-corrected chi connectivity index (χ0v) is 11.3. The summed E-state index contributed by atoms with van der Waals surface area (Å²) in [4.78, 5) is 2.38. The van der Waals surface area contributed by atoms with Crippen LogP contribution in [0.5, 0.6) is 5.75 Å². The molecule has 2 atom stereocenters. The summed E-state index contributed by atoms with van der Waals surface area (Å²) in [6.07, 6.45) is 2.66. The fourth-order valence-corrected chi connectivity index (χ4v) is 2.54. The van der Waals surface area contributed by atoms with Crippen LogP contribution in [0.2, 0.25) is 5.02 Å². The van der Waals surface area contributed by atoms with E-state index in [4.69, 9.17) is 16.3 Å². The van der Waals surface area contributed by atoms with Gasteiger partial charge in [-0.05, 0) is 50.7 Å². The molecule has 3 heteroatoms. The molecule has 0 spiro atoms. The van der Waals surface area contributed by atoms with Gasteiger partial charge in [0.25, 0.3) is 0 Å². The SMILES string of the molecule is CC1CN(C)CCCC1Oc1ccc(Cl)cc1. The number of ether oxygens (including phenoxy) is 1. The van der Waals surface area contributed by atoms with Crippen LogP contribution in [0.15, 0.2) is 24.3 Å². The van der Waals surface area contributed by atoms with Crippen LogP contribution in [0.3, 0.4) is 0 Å². The number of benzene rings is 1. The van der Waals surface area contributed by atoms with E-state index in [0.29, 0.717) is 12.0 Å². The maximum absolute atomic E-state index is 6.07. The summed E-state index contributed by atoms with van der Waals surface area (Å²) in [5.74, 6) is 1.49. The molecule has 1 aromatic carbocycles. The van der Waals surface area contributed by atoms with Gasteiger partial charge in [-0.3, -0.25) is 0 Å². The van der Waals surface area contributed by atoms with Gasteiger partial charge in [0, 0.05) is 17.5 Å². The minimum absolute atomic E-state index is 0.320. The Labute approximate surface area is 109 Å². The van der Waals surface area contributed by atoms with Crippen LogP contribution in [0.25, 0.3) is 0 Å². The van der Waals surface area contributed by atoms with E-state index in [1.165, 1.54) is 13.0 Å². The summed E-state index contributed by atoms with van der Waals surface area (Å²) in [5, 5.41) is 0.756. The van der Waals surface area contributed by atoms with Gasteiger partial charge in [0.2, 0.25) is 0 Å². The van der Waals surface area contributed by atoms with E-state index in [1.807, 2.05) is 24.3 Å². The van der Waals surface area contributed by atoms with Gasteiger partial charge in [-0.1, -0.05) is 18.5 Å². The number of nitrogens with zero attached hydrogens (tertiary/aromatic N) is 1. The summed E-state index contributed by atoms with van der Waals surface area (Å²) in [6.45, 7) is 4.55. The van der Waals surface area contributed by atoms with Gasteiger partial charge in [0.1, 0.15) is 11.9 Å². The van der Waals surface area contributed by atoms with Crippen molar-refractivity contribution < 1.29 is 4.74 Å². The Bertz CT molecular complexity index is 352. The van der Waals surface area contributed by atoms with Crippen LogP contribution in [-0.4, -0.2) is 31.1 Å². The van der Waals surface area contributed by atoms with Crippen molar-refractivity contribution in [3.63, 3.8) is 0 Å². The molecule has 0 radical (unpaired) electrons. The molecule has 0 amide bonds. The lowest BCUT2D eigenvalue weighted by atomic mass is 10.0. The number of hydrogen-bond donors (Lipinski definition) is 0. The molecular weight excluding hydrogens is 234 g/mol. The Morgan fingerprint density at radius 1 is 1.29 bits per heavy atom. The first-order valence-electron chi connectivity index (χ1n) is 6.26. The maximum Gasteiger partial charge on any atom is 0.119 e. The molecule has 1 aliphatic rings. The molecule has 17 heavy (non-hydrogen) atoms. The lowest BCUT2D eigenvalue weighted by Crippen LogP contribution is -2.30.